The van der Waals surface area contributed by atoms with E-state index in [9.17, 15) is 9.50 Å². The van der Waals surface area contributed by atoms with Crippen molar-refractivity contribution >= 4 is 15.9 Å². The zero-order valence-corrected chi connectivity index (χ0v) is 12.8. The molecule has 0 radical (unpaired) electrons. The normalized spacial score (nSPS) is 15.5. The molecule has 1 aromatic carbocycles. The van der Waals surface area contributed by atoms with Crippen LogP contribution in [0.15, 0.2) is 22.7 Å². The largest absolute Gasteiger partial charge is 0.390 e. The van der Waals surface area contributed by atoms with Gasteiger partial charge in [-0.05, 0) is 33.0 Å². The molecule has 2 unspecified atom stereocenters. The molecule has 0 bridgehead atoms. The smallest absolute Gasteiger partial charge is 0.137 e. The van der Waals surface area contributed by atoms with E-state index in [1.54, 1.807) is 19.2 Å². The molecule has 0 aliphatic carbocycles. The van der Waals surface area contributed by atoms with Crippen LogP contribution in [0.1, 0.15) is 26.3 Å². The molecule has 0 heterocycles. The first-order valence-electron chi connectivity index (χ1n) is 5.91. The lowest BCUT2D eigenvalue weighted by Crippen LogP contribution is -2.40. The van der Waals surface area contributed by atoms with Gasteiger partial charge in [-0.3, -0.25) is 0 Å². The Morgan fingerprint density at radius 2 is 2.00 bits per heavy atom. The van der Waals surface area contributed by atoms with E-state index >= 15 is 0 Å². The summed E-state index contributed by atoms with van der Waals surface area (Å²) in [5, 5.41) is 10.2. The molecule has 0 aliphatic rings. The van der Waals surface area contributed by atoms with Crippen LogP contribution in [0.3, 0.4) is 0 Å². The Hall–Kier alpha value is -0.450. The van der Waals surface area contributed by atoms with Crippen LogP contribution in [0, 0.1) is 11.2 Å². The Labute approximate surface area is 116 Å². The predicted octanol–water partition coefficient (Wildman–Crippen LogP) is 3.55. The molecule has 0 spiro atoms. The molecule has 0 aliphatic heterocycles. The first-order chi connectivity index (χ1) is 8.27. The van der Waals surface area contributed by atoms with Crippen LogP contribution >= 0.6 is 15.9 Å². The molecule has 1 aromatic rings. The summed E-state index contributed by atoms with van der Waals surface area (Å²) in [6.07, 6.45) is -0.616. The predicted molar refractivity (Wildman–Crippen MR) is 74.1 cm³/mol. The van der Waals surface area contributed by atoms with E-state index in [2.05, 4.69) is 15.9 Å². The van der Waals surface area contributed by atoms with Gasteiger partial charge < -0.3 is 9.84 Å². The first-order valence-corrected chi connectivity index (χ1v) is 6.70. The lowest BCUT2D eigenvalue weighted by Gasteiger charge is -2.33. The van der Waals surface area contributed by atoms with Gasteiger partial charge in [0.05, 0.1) is 16.7 Å². The highest BCUT2D eigenvalue weighted by Gasteiger charge is 2.31. The molecule has 2 nitrogen and oxygen atoms in total. The van der Waals surface area contributed by atoms with E-state index in [1.807, 2.05) is 20.8 Å². The highest BCUT2D eigenvalue weighted by molar-refractivity contribution is 9.10. The number of hydrogen-bond acceptors (Lipinski definition) is 2. The van der Waals surface area contributed by atoms with Gasteiger partial charge in [-0.2, -0.15) is 0 Å². The molecular weight excluding hydrogens is 299 g/mol. The summed E-state index contributed by atoms with van der Waals surface area (Å²) >= 11 is 3.20. The molecule has 18 heavy (non-hydrogen) atoms. The standard InChI is InChI=1S/C14H20BrFO2/c1-14(2,3)13(18-4)11(17)8-9-6-5-7-10(16)12(9)15/h5-7,11,13,17H,8H2,1-4H3. The molecule has 0 fully saturated rings. The summed E-state index contributed by atoms with van der Waals surface area (Å²) in [6, 6.07) is 4.82. The second kappa shape index (κ2) is 6.13. The second-order valence-corrected chi connectivity index (χ2v) is 6.30. The zero-order valence-electron chi connectivity index (χ0n) is 11.2. The Kier molecular flexibility index (Phi) is 5.32. The van der Waals surface area contributed by atoms with Crippen molar-refractivity contribution in [1.29, 1.82) is 0 Å². The van der Waals surface area contributed by atoms with Crippen molar-refractivity contribution in [2.45, 2.75) is 39.4 Å². The minimum atomic E-state index is -0.673. The van der Waals surface area contributed by atoms with Gasteiger partial charge in [-0.1, -0.05) is 32.9 Å². The van der Waals surface area contributed by atoms with E-state index in [0.717, 1.165) is 5.56 Å². The topological polar surface area (TPSA) is 29.5 Å². The van der Waals surface area contributed by atoms with Crippen LogP contribution in [0.4, 0.5) is 4.39 Å². The number of methoxy groups -OCH3 is 1. The number of aliphatic hydroxyl groups excluding tert-OH is 1. The molecule has 0 saturated carbocycles. The van der Waals surface area contributed by atoms with Gasteiger partial charge in [0.2, 0.25) is 0 Å². The minimum Gasteiger partial charge on any atom is -0.390 e. The third-order valence-corrected chi connectivity index (χ3v) is 3.81. The Morgan fingerprint density at radius 1 is 1.39 bits per heavy atom. The summed E-state index contributed by atoms with van der Waals surface area (Å²) in [5.41, 5.74) is 0.572. The molecule has 1 rings (SSSR count). The van der Waals surface area contributed by atoms with Gasteiger partial charge >= 0.3 is 0 Å². The quantitative estimate of drug-likeness (QED) is 0.920. The number of aliphatic hydroxyl groups is 1. The summed E-state index contributed by atoms with van der Waals surface area (Å²) in [5.74, 6) is -0.315. The van der Waals surface area contributed by atoms with Gasteiger partial charge in [-0.25, -0.2) is 4.39 Å². The zero-order chi connectivity index (χ0) is 13.9. The monoisotopic (exact) mass is 318 g/mol. The van der Waals surface area contributed by atoms with Gasteiger partial charge in [-0.15, -0.1) is 0 Å². The highest BCUT2D eigenvalue weighted by atomic mass is 79.9. The summed E-state index contributed by atoms with van der Waals surface area (Å²) < 4.78 is 19.2. The molecule has 102 valence electrons. The minimum absolute atomic E-state index is 0.173. The maximum absolute atomic E-state index is 13.4. The van der Waals surface area contributed by atoms with Gasteiger partial charge in [0, 0.05) is 13.5 Å². The number of halogens is 2. The number of benzene rings is 1. The van der Waals surface area contributed by atoms with E-state index in [1.165, 1.54) is 6.07 Å². The third kappa shape index (κ3) is 3.77. The SMILES string of the molecule is COC(C(O)Cc1cccc(F)c1Br)C(C)(C)C. The van der Waals surface area contributed by atoms with Crippen molar-refractivity contribution in [3.8, 4) is 0 Å². The maximum Gasteiger partial charge on any atom is 0.137 e. The van der Waals surface area contributed by atoms with Crippen LogP contribution in [0.2, 0.25) is 0 Å². The molecule has 0 amide bonds. The average Bonchev–Trinajstić information content (AvgIpc) is 2.23. The second-order valence-electron chi connectivity index (χ2n) is 5.51. The fourth-order valence-electron chi connectivity index (χ4n) is 2.13. The van der Waals surface area contributed by atoms with Crippen molar-refractivity contribution in [2.75, 3.05) is 7.11 Å². The molecule has 2 atom stereocenters. The number of ether oxygens (including phenoxy) is 1. The number of hydrogen-bond donors (Lipinski definition) is 1. The molecule has 1 N–H and O–H groups in total. The van der Waals surface area contributed by atoms with Gasteiger partial charge in [0.15, 0.2) is 0 Å². The maximum atomic E-state index is 13.4. The average molecular weight is 319 g/mol. The Morgan fingerprint density at radius 3 is 2.50 bits per heavy atom. The highest BCUT2D eigenvalue weighted by Crippen LogP contribution is 2.28. The summed E-state index contributed by atoms with van der Waals surface area (Å²) in [6.45, 7) is 6.01. The molecular formula is C14H20BrFO2. The van der Waals surface area contributed by atoms with E-state index < -0.39 is 6.10 Å². The summed E-state index contributed by atoms with van der Waals surface area (Å²) in [4.78, 5) is 0. The molecule has 0 saturated heterocycles. The van der Waals surface area contributed by atoms with E-state index in [-0.39, 0.29) is 17.3 Å². The van der Waals surface area contributed by atoms with Crippen LogP contribution in [-0.4, -0.2) is 24.4 Å². The Bertz CT molecular complexity index is 401. The van der Waals surface area contributed by atoms with Crippen LogP contribution in [0.5, 0.6) is 0 Å². The summed E-state index contributed by atoms with van der Waals surface area (Å²) in [7, 11) is 1.58. The van der Waals surface area contributed by atoms with E-state index in [0.29, 0.717) is 10.9 Å². The van der Waals surface area contributed by atoms with Crippen molar-refractivity contribution in [3.05, 3.63) is 34.1 Å². The third-order valence-electron chi connectivity index (χ3n) is 2.92. The van der Waals surface area contributed by atoms with Crippen LogP contribution in [0.25, 0.3) is 0 Å². The van der Waals surface area contributed by atoms with E-state index in [4.69, 9.17) is 4.74 Å². The lowest BCUT2D eigenvalue weighted by atomic mass is 9.84. The fourth-order valence-corrected chi connectivity index (χ4v) is 2.55. The molecule has 4 heteroatoms. The molecule has 0 aromatic heterocycles. The van der Waals surface area contributed by atoms with Crippen LogP contribution in [-0.2, 0) is 11.2 Å². The lowest BCUT2D eigenvalue weighted by molar-refractivity contribution is -0.0699. The Balaban J connectivity index is 2.87. The van der Waals surface area contributed by atoms with Crippen molar-refractivity contribution in [2.24, 2.45) is 5.41 Å². The van der Waals surface area contributed by atoms with Crippen molar-refractivity contribution in [1.82, 2.24) is 0 Å². The van der Waals surface area contributed by atoms with Crippen molar-refractivity contribution < 1.29 is 14.2 Å². The van der Waals surface area contributed by atoms with Gasteiger partial charge in [0.25, 0.3) is 0 Å². The van der Waals surface area contributed by atoms with Crippen molar-refractivity contribution in [3.63, 3.8) is 0 Å². The first kappa shape index (κ1) is 15.6. The van der Waals surface area contributed by atoms with Crippen LogP contribution < -0.4 is 0 Å². The number of rotatable bonds is 4. The fraction of sp³-hybridized carbons (Fsp3) is 0.571. The van der Waals surface area contributed by atoms with Gasteiger partial charge in [0.1, 0.15) is 5.82 Å².